The minimum atomic E-state index is -3.37. The van der Waals surface area contributed by atoms with Gasteiger partial charge in [-0.25, -0.2) is 0 Å². The van der Waals surface area contributed by atoms with Crippen LogP contribution in [-0.2, 0) is 128 Å². The Morgan fingerprint density at radius 3 is 1.15 bits per heavy atom. The lowest BCUT2D eigenvalue weighted by molar-refractivity contribution is -0.270. The van der Waals surface area contributed by atoms with Gasteiger partial charge in [0.15, 0.2) is 18.9 Å². The van der Waals surface area contributed by atoms with Crippen molar-refractivity contribution in [2.45, 2.75) is 342 Å². The first-order valence-electron chi connectivity index (χ1n) is 51.1. The molecule has 49 nitrogen and oxygen atoms in total. The third-order valence-corrected chi connectivity index (χ3v) is 25.8. The van der Waals surface area contributed by atoms with E-state index in [-0.39, 0.29) is 221 Å². The maximum atomic E-state index is 14.2. The highest BCUT2D eigenvalue weighted by atomic mass is 31.2. The fourth-order valence-corrected chi connectivity index (χ4v) is 17.2. The molecule has 5 heterocycles. The molecule has 146 heavy (non-hydrogen) atoms. The molecule has 21 N–H and O–H groups in total. The average molecular weight is 2110 g/mol. The molecular formula is C96H166N13O36P. The largest absolute Gasteiger partial charge is 0.394 e. The number of ether oxygens (including phenoxy) is 11. The number of Topliss-reactive ketones (excluding diaryl/α,β-unsaturated/α-hetero) is 1. The van der Waals surface area contributed by atoms with Gasteiger partial charge < -0.3 is 176 Å². The quantitative estimate of drug-likeness (QED) is 0.0182. The van der Waals surface area contributed by atoms with Gasteiger partial charge in [-0.2, -0.15) is 0 Å². The van der Waals surface area contributed by atoms with Gasteiger partial charge in [0.1, 0.15) is 103 Å². The number of methoxy groups -OCH3 is 1. The highest BCUT2D eigenvalue weighted by molar-refractivity contribution is 7.52. The standard InChI is InChI=1S/C96H166N13O36P/c1-63-104-92(131)67(55-109(63)82-54-69(73(141-82)59-133-5)145-146(7,132)134-6)36-37-77(120)98-42-23-15-14-22-41-97-74(117)32-16-12-10-8-9-11-13-17-35-81(124)108-96(60-135-51-38-78(121)99-43-24-18-30-68(116)31-19-25-48-138-93-83(105-64(2)113)89(128)86(125)70(56-110)142-93,61-136-52-39-79(122)102-46-28-44-100-75(118)33-20-26-49-139-94-84(106-65(3)114)90(129)87(126)71(57-111)143-94)62-137-53-40-80(123)103-47-29-45-101-76(119)34-21-27-50-140-95-85(107-66(4)115)91(130)88(127)72(58-112)144-95/h36-37,55,69-73,82-91,93-95,110-112,125-130H,1,8-35,38-54,56-62H2,2-7H3,(H,97,117)(H,98,120)(H,99,121)(H,100,118)(H,101,119)(H,102,122)(H,103,123)(H,104,131)(H,105,113)(H,106,114)(H,107,115)(H,108,124)/b37-36+/t69?,70?,71?,72?,73-,82-,83?,84?,85?,86-,87-,88-,89-,90-,91-,93-,94-,95-,96?,146?/m1/s1. The number of rotatable bonds is 79. The topological polar surface area (TPSA) is 689 Å². The van der Waals surface area contributed by atoms with Crippen molar-refractivity contribution in [3.8, 4) is 0 Å². The number of unbranched alkanes of at least 4 members (excludes halogenated alkanes) is 14. The molecule has 4 saturated heterocycles. The summed E-state index contributed by atoms with van der Waals surface area (Å²) in [7, 11) is -0.576. The van der Waals surface area contributed by atoms with E-state index in [4.69, 9.17) is 61.2 Å². The summed E-state index contributed by atoms with van der Waals surface area (Å²) < 4.78 is 87.3. The molecule has 0 saturated carbocycles. The molecule has 50 heteroatoms. The van der Waals surface area contributed by atoms with E-state index in [1.165, 1.54) is 60.0 Å². The first kappa shape index (κ1) is 128. The van der Waals surface area contributed by atoms with E-state index in [0.717, 1.165) is 57.8 Å². The number of amides is 12. The Bertz CT molecular complexity index is 3790. The van der Waals surface area contributed by atoms with Crippen LogP contribution in [0.25, 0.3) is 0 Å². The summed E-state index contributed by atoms with van der Waals surface area (Å²) in [4.78, 5) is 168. The molecule has 5 aliphatic heterocycles. The molecule has 4 fully saturated rings. The highest BCUT2D eigenvalue weighted by Gasteiger charge is 2.49. The summed E-state index contributed by atoms with van der Waals surface area (Å²) in [6.45, 7) is 8.35. The molecule has 12 amide bonds. The molecular weight excluding hydrogens is 1940 g/mol. The molecule has 836 valence electrons. The zero-order valence-corrected chi connectivity index (χ0v) is 86.4. The van der Waals surface area contributed by atoms with Crippen LogP contribution in [-0.4, -0.2) is 396 Å². The van der Waals surface area contributed by atoms with Crippen LogP contribution < -0.4 is 63.8 Å². The molecule has 8 unspecified atom stereocenters. The minimum Gasteiger partial charge on any atom is -0.394 e. The predicted octanol–water partition coefficient (Wildman–Crippen LogP) is -1.79. The van der Waals surface area contributed by atoms with Gasteiger partial charge in [0, 0.05) is 184 Å². The van der Waals surface area contributed by atoms with Crippen molar-refractivity contribution >= 4 is 84.3 Å². The number of aliphatic hydroxyl groups excluding tert-OH is 9. The Balaban J connectivity index is 1.09. The molecule has 0 spiro atoms. The summed E-state index contributed by atoms with van der Waals surface area (Å²) in [6, 6.07) is -3.32. The van der Waals surface area contributed by atoms with Gasteiger partial charge in [0.05, 0.1) is 77.7 Å². The minimum absolute atomic E-state index is 0.0139. The molecule has 19 atom stereocenters. The molecule has 5 aliphatic rings. The Kier molecular flexibility index (Phi) is 64.0. The Hall–Kier alpha value is -8.32. The maximum Gasteiger partial charge on any atom is 0.327 e. The summed E-state index contributed by atoms with van der Waals surface area (Å²) in [5, 5.41) is 125. The molecule has 0 aromatic rings. The van der Waals surface area contributed by atoms with Crippen LogP contribution >= 0.6 is 7.60 Å². The van der Waals surface area contributed by atoms with Gasteiger partial charge in [-0.15, -0.1) is 0 Å². The van der Waals surface area contributed by atoms with Crippen LogP contribution in [0, 0.1) is 0 Å². The van der Waals surface area contributed by atoms with Crippen LogP contribution in [0.1, 0.15) is 226 Å². The fraction of sp³-hybridized carbons (Fsp3) is 0.802. The fourth-order valence-electron chi connectivity index (χ4n) is 16.4. The van der Waals surface area contributed by atoms with Crippen molar-refractivity contribution < 1.29 is 174 Å². The van der Waals surface area contributed by atoms with E-state index >= 15 is 0 Å². The summed E-state index contributed by atoms with van der Waals surface area (Å²) in [5.74, 6) is -4.18. The molecule has 0 aromatic carbocycles. The average Bonchev–Trinajstić information content (AvgIpc) is 1.75. The lowest BCUT2D eigenvalue weighted by Gasteiger charge is -2.42. The SMILES string of the molecule is C=C1NC(=O)C(/C=C/C(=O)NCCCCCCNC(=O)CCCCCCCCCCC(=O)NC(COCCC(=O)NCCCCC(=O)CCCCO[C@@H]2OC(CO)[C@@H](O)[C@H](O)C2NC(C)=O)(COCCC(=O)NCCCNC(=O)CCCCO[C@@H]2OC(CO)[C@@H](O)[C@H](O)C2NC(C)=O)COCCC(=O)NCCCNC(=O)CCCCO[C@@H]2OC(CO)[C@@H](O)[C@H](O)C2NC(C)=O)=CN1[C@H]1CC(OP(C)(=O)OC)[C@@H](COC)O1. The number of hydrogen-bond acceptors (Lipinski definition) is 37. The van der Waals surface area contributed by atoms with Crippen LogP contribution in [0.15, 0.2) is 36.3 Å². The Labute approximate surface area is 854 Å². The van der Waals surface area contributed by atoms with Crippen molar-refractivity contribution in [2.75, 3.05) is 153 Å². The zero-order chi connectivity index (χ0) is 107. The van der Waals surface area contributed by atoms with Gasteiger partial charge in [0.2, 0.25) is 65.0 Å². The molecule has 5 rings (SSSR count). The summed E-state index contributed by atoms with van der Waals surface area (Å²) >= 11 is 0. The third kappa shape index (κ3) is 51.5. The normalized spacial score (nSPS) is 24.4. The van der Waals surface area contributed by atoms with Crippen molar-refractivity contribution in [3.05, 3.63) is 36.3 Å². The number of carbonyl (C=O) groups excluding carboxylic acids is 13. The van der Waals surface area contributed by atoms with Gasteiger partial charge in [0.25, 0.3) is 5.91 Å². The number of ketones is 1. The summed E-state index contributed by atoms with van der Waals surface area (Å²) in [5.41, 5.74) is -1.27. The van der Waals surface area contributed by atoms with Gasteiger partial charge in [-0.3, -0.25) is 66.9 Å². The van der Waals surface area contributed by atoms with Crippen LogP contribution in [0.4, 0.5) is 0 Å². The smallest absolute Gasteiger partial charge is 0.327 e. The number of nitrogens with zero attached hydrogens (tertiary/aromatic N) is 1. The van der Waals surface area contributed by atoms with E-state index in [0.29, 0.717) is 103 Å². The zero-order valence-electron chi connectivity index (χ0n) is 85.5. The van der Waals surface area contributed by atoms with E-state index in [1.54, 1.807) is 4.90 Å². The number of carbonyl (C=O) groups is 13. The van der Waals surface area contributed by atoms with Gasteiger partial charge in [-0.1, -0.05) is 57.9 Å². The Morgan fingerprint density at radius 1 is 0.438 bits per heavy atom. The van der Waals surface area contributed by atoms with Crippen LogP contribution in [0.3, 0.4) is 0 Å². The second kappa shape index (κ2) is 73.0. The monoisotopic (exact) mass is 2110 g/mol. The van der Waals surface area contributed by atoms with Crippen LogP contribution in [0.5, 0.6) is 0 Å². The molecule has 0 bridgehead atoms. The van der Waals surface area contributed by atoms with E-state index < -0.39 is 167 Å². The first-order valence-corrected chi connectivity index (χ1v) is 53.1. The van der Waals surface area contributed by atoms with E-state index in [2.05, 4.69) is 70.4 Å². The maximum absolute atomic E-state index is 14.2. The second-order valence-corrected chi connectivity index (χ2v) is 39.1. The molecule has 0 radical (unpaired) electrons. The van der Waals surface area contributed by atoms with Gasteiger partial charge in [-0.05, 0) is 96.0 Å². The second-order valence-electron chi connectivity index (χ2n) is 37.0. The van der Waals surface area contributed by atoms with Crippen molar-refractivity contribution in [1.29, 1.82) is 0 Å². The van der Waals surface area contributed by atoms with Crippen molar-refractivity contribution in [1.82, 2.24) is 68.7 Å². The van der Waals surface area contributed by atoms with E-state index in [9.17, 15) is 113 Å². The lowest BCUT2D eigenvalue weighted by atomic mass is 9.97. The lowest BCUT2D eigenvalue weighted by Crippen LogP contribution is -2.64. The number of aliphatic hydroxyl groups is 9. The Morgan fingerprint density at radius 2 is 0.774 bits per heavy atom. The summed E-state index contributed by atoms with van der Waals surface area (Å²) in [6.07, 6.45) is 1.19. The number of nitrogens with one attached hydrogen (secondary N) is 12. The molecule has 0 aliphatic carbocycles. The van der Waals surface area contributed by atoms with Gasteiger partial charge >= 0.3 is 7.60 Å². The van der Waals surface area contributed by atoms with Crippen LogP contribution in [0.2, 0.25) is 0 Å². The van der Waals surface area contributed by atoms with E-state index in [1.807, 2.05) is 0 Å². The van der Waals surface area contributed by atoms with Crippen molar-refractivity contribution in [3.63, 3.8) is 0 Å². The number of hydrogen-bond donors (Lipinski definition) is 21. The predicted molar refractivity (Wildman–Crippen MR) is 523 cm³/mol. The first-order chi connectivity index (χ1) is 70.0. The highest BCUT2D eigenvalue weighted by Crippen LogP contribution is 2.47. The molecule has 0 aromatic heterocycles. The third-order valence-electron chi connectivity index (χ3n) is 24.5. The van der Waals surface area contributed by atoms with Crippen molar-refractivity contribution in [2.24, 2.45) is 0 Å².